The van der Waals surface area contributed by atoms with Crippen molar-refractivity contribution in [2.75, 3.05) is 6.61 Å². The molecular weight excluding hydrogens is 307 g/mol. The van der Waals surface area contributed by atoms with Crippen molar-refractivity contribution in [1.29, 1.82) is 0 Å². The molecular formula is C19H21FN2O2. The number of unbranched alkanes of at least 4 members (excludes halogenated alkanes) is 2. The van der Waals surface area contributed by atoms with Crippen LogP contribution in [0, 0.1) is 5.82 Å². The van der Waals surface area contributed by atoms with Gasteiger partial charge in [-0.05, 0) is 60.5 Å². The summed E-state index contributed by atoms with van der Waals surface area (Å²) in [4.78, 5) is 11.8. The average molecular weight is 328 g/mol. The van der Waals surface area contributed by atoms with Crippen molar-refractivity contribution in [1.82, 2.24) is 5.43 Å². The van der Waals surface area contributed by atoms with Crippen LogP contribution in [0.1, 0.15) is 42.1 Å². The summed E-state index contributed by atoms with van der Waals surface area (Å²) in [6, 6.07) is 12.8. The van der Waals surface area contributed by atoms with Crippen LogP contribution in [0.2, 0.25) is 0 Å². The first kappa shape index (κ1) is 17.7. The van der Waals surface area contributed by atoms with E-state index in [1.165, 1.54) is 37.1 Å². The molecule has 0 fully saturated rings. The molecule has 4 nitrogen and oxygen atoms in total. The lowest BCUT2D eigenvalue weighted by Crippen LogP contribution is -2.17. The number of hydrogen-bond donors (Lipinski definition) is 1. The Kier molecular flexibility index (Phi) is 6.95. The molecule has 2 aromatic carbocycles. The maximum Gasteiger partial charge on any atom is 0.271 e. The van der Waals surface area contributed by atoms with E-state index < -0.39 is 0 Å². The Morgan fingerprint density at radius 2 is 1.83 bits per heavy atom. The number of carbonyl (C=O) groups excluding carboxylic acids is 1. The van der Waals surface area contributed by atoms with Crippen molar-refractivity contribution in [3.05, 3.63) is 65.5 Å². The van der Waals surface area contributed by atoms with Gasteiger partial charge >= 0.3 is 0 Å². The predicted octanol–water partition coefficient (Wildman–Crippen LogP) is 4.16. The van der Waals surface area contributed by atoms with E-state index >= 15 is 0 Å². The van der Waals surface area contributed by atoms with Crippen LogP contribution in [0.25, 0.3) is 0 Å². The van der Waals surface area contributed by atoms with Gasteiger partial charge in [0.1, 0.15) is 11.6 Å². The largest absolute Gasteiger partial charge is 0.494 e. The highest BCUT2D eigenvalue weighted by Gasteiger charge is 2.03. The third-order valence-electron chi connectivity index (χ3n) is 3.38. The molecule has 0 saturated heterocycles. The van der Waals surface area contributed by atoms with E-state index in [4.69, 9.17) is 4.74 Å². The molecule has 0 unspecified atom stereocenters. The number of benzene rings is 2. The Bertz CT molecular complexity index is 667. The Morgan fingerprint density at radius 1 is 1.12 bits per heavy atom. The van der Waals surface area contributed by atoms with Crippen molar-refractivity contribution < 1.29 is 13.9 Å². The highest BCUT2D eigenvalue weighted by molar-refractivity contribution is 5.94. The van der Waals surface area contributed by atoms with Crippen LogP contribution in [-0.2, 0) is 0 Å². The first-order valence-corrected chi connectivity index (χ1v) is 8.01. The molecule has 0 atom stereocenters. The molecule has 0 aliphatic heterocycles. The number of hydrogen-bond acceptors (Lipinski definition) is 3. The lowest BCUT2D eigenvalue weighted by Gasteiger charge is -2.05. The fourth-order valence-corrected chi connectivity index (χ4v) is 2.02. The first-order chi connectivity index (χ1) is 11.7. The van der Waals surface area contributed by atoms with Gasteiger partial charge < -0.3 is 4.74 Å². The molecule has 2 rings (SSSR count). The van der Waals surface area contributed by atoms with Crippen LogP contribution in [0.5, 0.6) is 5.75 Å². The molecule has 0 aliphatic rings. The van der Waals surface area contributed by atoms with E-state index in [9.17, 15) is 9.18 Å². The molecule has 0 aromatic heterocycles. The highest BCUT2D eigenvalue weighted by Crippen LogP contribution is 2.12. The summed E-state index contributed by atoms with van der Waals surface area (Å²) in [5.41, 5.74) is 3.60. The smallest absolute Gasteiger partial charge is 0.271 e. The zero-order valence-corrected chi connectivity index (χ0v) is 13.7. The molecule has 5 heteroatoms. The molecule has 0 heterocycles. The number of halogens is 1. The van der Waals surface area contributed by atoms with Crippen LogP contribution < -0.4 is 10.2 Å². The molecule has 0 radical (unpaired) electrons. The fourth-order valence-electron chi connectivity index (χ4n) is 2.02. The van der Waals surface area contributed by atoms with Crippen molar-refractivity contribution in [3.8, 4) is 5.75 Å². The van der Waals surface area contributed by atoms with E-state index in [-0.39, 0.29) is 11.7 Å². The van der Waals surface area contributed by atoms with E-state index in [0.717, 1.165) is 24.3 Å². The van der Waals surface area contributed by atoms with Crippen LogP contribution in [0.15, 0.2) is 53.6 Å². The molecule has 0 aliphatic carbocycles. The minimum atomic E-state index is -0.387. The number of rotatable bonds is 8. The van der Waals surface area contributed by atoms with Gasteiger partial charge in [-0.15, -0.1) is 0 Å². The van der Waals surface area contributed by atoms with Gasteiger partial charge in [-0.25, -0.2) is 9.82 Å². The topological polar surface area (TPSA) is 50.7 Å². The monoisotopic (exact) mass is 328 g/mol. The molecule has 126 valence electrons. The molecule has 24 heavy (non-hydrogen) atoms. The second kappa shape index (κ2) is 9.45. The third kappa shape index (κ3) is 5.83. The summed E-state index contributed by atoms with van der Waals surface area (Å²) in [5.74, 6) is 0.0489. The van der Waals surface area contributed by atoms with E-state index in [2.05, 4.69) is 17.5 Å². The van der Waals surface area contributed by atoms with Gasteiger partial charge in [0.25, 0.3) is 5.91 Å². The maximum atomic E-state index is 12.8. The summed E-state index contributed by atoms with van der Waals surface area (Å²) >= 11 is 0. The second-order valence-electron chi connectivity index (χ2n) is 5.33. The quantitative estimate of drug-likeness (QED) is 0.449. The normalized spacial score (nSPS) is 10.8. The lowest BCUT2D eigenvalue weighted by atomic mass is 10.2. The van der Waals surface area contributed by atoms with Crippen molar-refractivity contribution in [2.24, 2.45) is 5.10 Å². The standard InChI is InChI=1S/C19H21FN2O2/c1-2-3-4-13-24-18-11-5-15(6-12-18)14-21-22-19(23)16-7-9-17(20)10-8-16/h5-12,14H,2-4,13H2,1H3,(H,22,23). The minimum absolute atomic E-state index is 0.351. The Labute approximate surface area is 141 Å². The molecule has 0 bridgehead atoms. The number of ether oxygens (including phenoxy) is 1. The maximum absolute atomic E-state index is 12.8. The van der Waals surface area contributed by atoms with Crippen molar-refractivity contribution in [3.63, 3.8) is 0 Å². The number of carbonyl (C=O) groups is 1. The third-order valence-corrected chi connectivity index (χ3v) is 3.38. The minimum Gasteiger partial charge on any atom is -0.494 e. The number of hydrazone groups is 1. The second-order valence-corrected chi connectivity index (χ2v) is 5.33. The van der Waals surface area contributed by atoms with Gasteiger partial charge in [0.15, 0.2) is 0 Å². The predicted molar refractivity (Wildman–Crippen MR) is 92.9 cm³/mol. The van der Waals surface area contributed by atoms with Gasteiger partial charge in [0, 0.05) is 5.56 Å². The first-order valence-electron chi connectivity index (χ1n) is 8.01. The van der Waals surface area contributed by atoms with Gasteiger partial charge in [-0.3, -0.25) is 4.79 Å². The summed E-state index contributed by atoms with van der Waals surface area (Å²) < 4.78 is 18.4. The zero-order valence-electron chi connectivity index (χ0n) is 13.7. The van der Waals surface area contributed by atoms with E-state index in [0.29, 0.717) is 5.56 Å². The van der Waals surface area contributed by atoms with Gasteiger partial charge in [0.05, 0.1) is 12.8 Å². The molecule has 2 aromatic rings. The molecule has 0 saturated carbocycles. The van der Waals surface area contributed by atoms with Gasteiger partial charge in [-0.2, -0.15) is 5.10 Å². The summed E-state index contributed by atoms with van der Waals surface area (Å²) in [5, 5.41) is 3.90. The summed E-state index contributed by atoms with van der Waals surface area (Å²) in [6.07, 6.45) is 4.93. The Hall–Kier alpha value is -2.69. The van der Waals surface area contributed by atoms with Crippen LogP contribution in [0.3, 0.4) is 0 Å². The average Bonchev–Trinajstić information content (AvgIpc) is 2.60. The number of nitrogens with one attached hydrogen (secondary N) is 1. The number of amides is 1. The van der Waals surface area contributed by atoms with Crippen LogP contribution in [0.4, 0.5) is 4.39 Å². The Morgan fingerprint density at radius 3 is 2.50 bits per heavy atom. The zero-order chi connectivity index (χ0) is 17.2. The van der Waals surface area contributed by atoms with Crippen LogP contribution >= 0.6 is 0 Å². The SMILES string of the molecule is CCCCCOc1ccc(C=NNC(=O)c2ccc(F)cc2)cc1. The van der Waals surface area contributed by atoms with Crippen LogP contribution in [-0.4, -0.2) is 18.7 Å². The highest BCUT2D eigenvalue weighted by atomic mass is 19.1. The number of nitrogens with zero attached hydrogens (tertiary/aromatic N) is 1. The molecule has 1 N–H and O–H groups in total. The summed E-state index contributed by atoms with van der Waals surface area (Å²) in [7, 11) is 0. The molecule has 1 amide bonds. The van der Waals surface area contributed by atoms with Crippen molar-refractivity contribution in [2.45, 2.75) is 26.2 Å². The van der Waals surface area contributed by atoms with E-state index in [1.807, 2.05) is 24.3 Å². The fraction of sp³-hybridized carbons (Fsp3) is 0.263. The Balaban J connectivity index is 1.81. The van der Waals surface area contributed by atoms with Gasteiger partial charge in [0.2, 0.25) is 0 Å². The summed E-state index contributed by atoms with van der Waals surface area (Å²) in [6.45, 7) is 2.87. The van der Waals surface area contributed by atoms with Gasteiger partial charge in [-0.1, -0.05) is 19.8 Å². The lowest BCUT2D eigenvalue weighted by molar-refractivity contribution is 0.0955. The van der Waals surface area contributed by atoms with E-state index in [1.54, 1.807) is 6.21 Å². The van der Waals surface area contributed by atoms with Crippen molar-refractivity contribution >= 4 is 12.1 Å². The molecule has 0 spiro atoms.